The number of carbonyl (C=O) groups is 1. The van der Waals surface area contributed by atoms with Crippen molar-refractivity contribution in [2.45, 2.75) is 13.8 Å². The molecule has 0 N–H and O–H groups in total. The number of hydrogen-bond donors (Lipinski definition) is 0. The molecule has 0 aliphatic carbocycles. The summed E-state index contributed by atoms with van der Waals surface area (Å²) in [5, 5.41) is 7.74. The molecule has 0 unspecified atom stereocenters. The van der Waals surface area contributed by atoms with Crippen LogP contribution in [0.5, 0.6) is 0 Å². The maximum Gasteiger partial charge on any atom is 0.223 e. The van der Waals surface area contributed by atoms with Crippen LogP contribution in [0, 0.1) is 13.8 Å². The molecule has 2 rings (SSSR count). The number of hydrogen-bond acceptors (Lipinski definition) is 4. The maximum absolute atomic E-state index is 11.9. The zero-order chi connectivity index (χ0) is 10.8. The Morgan fingerprint density at radius 1 is 1.13 bits per heavy atom. The van der Waals surface area contributed by atoms with E-state index in [-0.39, 0.29) is 5.78 Å². The van der Waals surface area contributed by atoms with Crippen LogP contribution in [0.15, 0.2) is 24.3 Å². The average Bonchev–Trinajstić information content (AvgIpc) is 2.65. The number of aryl methyl sites for hydroxylation is 2. The molecule has 0 aromatic carbocycles. The van der Waals surface area contributed by atoms with Crippen LogP contribution in [0.1, 0.15) is 25.9 Å². The minimum absolute atomic E-state index is 0.0550. The lowest BCUT2D eigenvalue weighted by Crippen LogP contribution is -2.03. The molecule has 2 heterocycles. The molecule has 0 fully saturated rings. The van der Waals surface area contributed by atoms with E-state index in [1.807, 2.05) is 26.0 Å². The van der Waals surface area contributed by atoms with Gasteiger partial charge in [0, 0.05) is 4.88 Å². The normalized spacial score (nSPS) is 10.3. The zero-order valence-corrected chi connectivity index (χ0v) is 9.34. The van der Waals surface area contributed by atoms with Gasteiger partial charge in [0.15, 0.2) is 0 Å². The predicted molar refractivity (Wildman–Crippen MR) is 59.3 cm³/mol. The molecule has 15 heavy (non-hydrogen) atoms. The Morgan fingerprint density at radius 3 is 2.47 bits per heavy atom. The molecule has 0 atom stereocenters. The summed E-state index contributed by atoms with van der Waals surface area (Å²) >= 11 is 1.48. The van der Waals surface area contributed by atoms with Gasteiger partial charge in [-0.3, -0.25) is 4.79 Å². The van der Waals surface area contributed by atoms with Gasteiger partial charge in [0.05, 0.1) is 10.6 Å². The number of aromatic nitrogens is 2. The van der Waals surface area contributed by atoms with Gasteiger partial charge >= 0.3 is 0 Å². The molecule has 4 heteroatoms. The SMILES string of the molecule is Cc1ccc(C(=O)c2ccc(C)s2)nn1. The highest BCUT2D eigenvalue weighted by Crippen LogP contribution is 2.17. The summed E-state index contributed by atoms with van der Waals surface area (Å²) in [6.07, 6.45) is 0. The summed E-state index contributed by atoms with van der Waals surface area (Å²) in [5.74, 6) is -0.0550. The number of rotatable bonds is 2. The molecule has 0 aliphatic heterocycles. The van der Waals surface area contributed by atoms with E-state index >= 15 is 0 Å². The molecular formula is C11H10N2OS. The fraction of sp³-hybridized carbons (Fsp3) is 0.182. The second-order valence-corrected chi connectivity index (χ2v) is 4.59. The van der Waals surface area contributed by atoms with Gasteiger partial charge in [-0.1, -0.05) is 0 Å². The van der Waals surface area contributed by atoms with Gasteiger partial charge in [-0.15, -0.1) is 16.4 Å². The zero-order valence-electron chi connectivity index (χ0n) is 8.52. The lowest BCUT2D eigenvalue weighted by molar-refractivity contribution is 0.103. The van der Waals surface area contributed by atoms with Gasteiger partial charge in [0.2, 0.25) is 5.78 Å². The van der Waals surface area contributed by atoms with Crippen LogP contribution in [0.3, 0.4) is 0 Å². The number of nitrogens with zero attached hydrogens (tertiary/aromatic N) is 2. The van der Waals surface area contributed by atoms with E-state index in [4.69, 9.17) is 0 Å². The summed E-state index contributed by atoms with van der Waals surface area (Å²) in [6, 6.07) is 7.25. The molecule has 2 aromatic heterocycles. The first-order valence-corrected chi connectivity index (χ1v) is 5.40. The molecular weight excluding hydrogens is 208 g/mol. The Labute approximate surface area is 91.8 Å². The van der Waals surface area contributed by atoms with E-state index < -0.39 is 0 Å². The number of carbonyl (C=O) groups excluding carboxylic acids is 1. The third kappa shape index (κ3) is 2.10. The van der Waals surface area contributed by atoms with Crippen molar-refractivity contribution in [1.29, 1.82) is 0 Å². The Hall–Kier alpha value is -1.55. The Balaban J connectivity index is 2.32. The third-order valence-corrected chi connectivity index (χ3v) is 2.99. The Morgan fingerprint density at radius 2 is 1.93 bits per heavy atom. The smallest absolute Gasteiger partial charge is 0.223 e. The van der Waals surface area contributed by atoms with Gasteiger partial charge < -0.3 is 0 Å². The van der Waals surface area contributed by atoms with Crippen molar-refractivity contribution < 1.29 is 4.79 Å². The van der Waals surface area contributed by atoms with Crippen LogP contribution >= 0.6 is 11.3 Å². The van der Waals surface area contributed by atoms with Crippen molar-refractivity contribution in [2.75, 3.05) is 0 Å². The van der Waals surface area contributed by atoms with E-state index in [9.17, 15) is 4.79 Å². The quantitative estimate of drug-likeness (QED) is 0.727. The van der Waals surface area contributed by atoms with Crippen molar-refractivity contribution in [3.8, 4) is 0 Å². The highest BCUT2D eigenvalue weighted by Gasteiger charge is 2.12. The Kier molecular flexibility index (Phi) is 2.60. The first-order valence-electron chi connectivity index (χ1n) is 4.58. The predicted octanol–water partition coefficient (Wildman–Crippen LogP) is 2.39. The molecule has 3 nitrogen and oxygen atoms in total. The molecule has 0 spiro atoms. The molecule has 0 radical (unpaired) electrons. The van der Waals surface area contributed by atoms with Gasteiger partial charge in [-0.2, -0.15) is 5.10 Å². The molecule has 76 valence electrons. The average molecular weight is 218 g/mol. The standard InChI is InChI=1S/C11H10N2OS/c1-7-3-5-9(13-12-7)11(14)10-6-4-8(2)15-10/h3-6H,1-2H3. The van der Waals surface area contributed by atoms with Crippen molar-refractivity contribution in [1.82, 2.24) is 10.2 Å². The molecule has 0 bridgehead atoms. The second-order valence-electron chi connectivity index (χ2n) is 3.30. The van der Waals surface area contributed by atoms with E-state index in [1.165, 1.54) is 11.3 Å². The topological polar surface area (TPSA) is 42.9 Å². The van der Waals surface area contributed by atoms with Crippen molar-refractivity contribution in [3.63, 3.8) is 0 Å². The molecule has 0 saturated heterocycles. The third-order valence-electron chi connectivity index (χ3n) is 1.99. The molecule has 0 saturated carbocycles. The van der Waals surface area contributed by atoms with Gasteiger partial charge in [-0.05, 0) is 38.1 Å². The highest BCUT2D eigenvalue weighted by atomic mass is 32.1. The van der Waals surface area contributed by atoms with Gasteiger partial charge in [0.25, 0.3) is 0 Å². The second kappa shape index (κ2) is 3.90. The summed E-state index contributed by atoms with van der Waals surface area (Å²) in [4.78, 5) is 13.7. The summed E-state index contributed by atoms with van der Waals surface area (Å²) in [5.41, 5.74) is 1.22. The first-order chi connectivity index (χ1) is 7.16. The molecule has 0 amide bonds. The first kappa shape index (κ1) is 9.98. The summed E-state index contributed by atoms with van der Waals surface area (Å²) < 4.78 is 0. The van der Waals surface area contributed by atoms with Gasteiger partial charge in [0.1, 0.15) is 5.69 Å². The van der Waals surface area contributed by atoms with Crippen LogP contribution in [0.25, 0.3) is 0 Å². The van der Waals surface area contributed by atoms with Crippen molar-refractivity contribution in [3.05, 3.63) is 45.4 Å². The maximum atomic E-state index is 11.9. The Bertz CT molecular complexity index is 488. The van der Waals surface area contributed by atoms with Crippen molar-refractivity contribution >= 4 is 17.1 Å². The number of thiophene rings is 1. The highest BCUT2D eigenvalue weighted by molar-refractivity contribution is 7.14. The number of ketones is 1. The van der Waals surface area contributed by atoms with Crippen LogP contribution in [0.2, 0.25) is 0 Å². The van der Waals surface area contributed by atoms with Crippen LogP contribution in [-0.2, 0) is 0 Å². The largest absolute Gasteiger partial charge is 0.286 e. The van der Waals surface area contributed by atoms with Crippen molar-refractivity contribution in [2.24, 2.45) is 0 Å². The summed E-state index contributed by atoms with van der Waals surface area (Å²) in [7, 11) is 0. The van der Waals surface area contributed by atoms with E-state index in [0.29, 0.717) is 10.6 Å². The molecule has 2 aromatic rings. The van der Waals surface area contributed by atoms with Gasteiger partial charge in [-0.25, -0.2) is 0 Å². The lowest BCUT2D eigenvalue weighted by Gasteiger charge is -1.96. The summed E-state index contributed by atoms with van der Waals surface area (Å²) in [6.45, 7) is 3.82. The lowest BCUT2D eigenvalue weighted by atomic mass is 10.2. The van der Waals surface area contributed by atoms with Crippen LogP contribution in [-0.4, -0.2) is 16.0 Å². The fourth-order valence-electron chi connectivity index (χ4n) is 1.20. The van der Waals surface area contributed by atoms with Crippen LogP contribution < -0.4 is 0 Å². The molecule has 0 aliphatic rings. The fourth-order valence-corrected chi connectivity index (χ4v) is 2.02. The minimum atomic E-state index is -0.0550. The van der Waals surface area contributed by atoms with E-state index in [1.54, 1.807) is 12.1 Å². The van der Waals surface area contributed by atoms with Crippen LogP contribution in [0.4, 0.5) is 0 Å². The minimum Gasteiger partial charge on any atom is -0.286 e. The monoisotopic (exact) mass is 218 g/mol. The van der Waals surface area contributed by atoms with E-state index in [0.717, 1.165) is 10.6 Å². The van der Waals surface area contributed by atoms with E-state index in [2.05, 4.69) is 10.2 Å².